The third-order valence-corrected chi connectivity index (χ3v) is 5.13. The van der Waals surface area contributed by atoms with Gasteiger partial charge >= 0.3 is 0 Å². The fourth-order valence-electron chi connectivity index (χ4n) is 3.13. The summed E-state index contributed by atoms with van der Waals surface area (Å²) in [4.78, 5) is 37.3. The SMILES string of the molecule is CCc1nc(C(N)=O)c(Nc2cncc(CCNC(=O)[C@H](C)NC)c2)nc1C1CC1.Cl. The zero-order valence-corrected chi connectivity index (χ0v) is 18.9. The zero-order chi connectivity index (χ0) is 21.7. The predicted octanol–water partition coefficient (Wildman–Crippen LogP) is 1.84. The number of hydrogen-bond donors (Lipinski definition) is 4. The molecule has 0 spiro atoms. The van der Waals surface area contributed by atoms with Crippen molar-refractivity contribution in [3.05, 3.63) is 41.1 Å². The normalized spacial score (nSPS) is 13.8. The molecule has 1 saturated carbocycles. The van der Waals surface area contributed by atoms with Crippen LogP contribution in [0.3, 0.4) is 0 Å². The minimum Gasteiger partial charge on any atom is -0.364 e. The standard InChI is InChI=1S/C21H29N7O2.ClH/c1-4-16-17(14-5-6-14)28-20(18(27-16)19(22)29)26-15-9-13(10-24-11-15)7-8-25-21(30)12(2)23-3;/h9-12,14,23H,4-8H2,1-3H3,(H2,22,29)(H,25,30)(H,26,28);1H/t12-;/m0./s1. The largest absolute Gasteiger partial charge is 0.364 e. The van der Waals surface area contributed by atoms with Crippen LogP contribution in [0.5, 0.6) is 0 Å². The number of pyridine rings is 1. The van der Waals surface area contributed by atoms with Crippen molar-refractivity contribution in [1.29, 1.82) is 0 Å². The van der Waals surface area contributed by atoms with E-state index in [0.29, 0.717) is 36.8 Å². The number of primary amides is 1. The molecule has 2 aromatic rings. The van der Waals surface area contributed by atoms with Gasteiger partial charge in [0.05, 0.1) is 29.3 Å². The molecule has 0 aromatic carbocycles. The quantitative estimate of drug-likeness (QED) is 0.436. The monoisotopic (exact) mass is 447 g/mol. The van der Waals surface area contributed by atoms with Crippen LogP contribution in [0, 0.1) is 0 Å². The van der Waals surface area contributed by atoms with Crippen molar-refractivity contribution in [1.82, 2.24) is 25.6 Å². The molecule has 1 fully saturated rings. The smallest absolute Gasteiger partial charge is 0.271 e. The zero-order valence-electron chi connectivity index (χ0n) is 18.1. The lowest BCUT2D eigenvalue weighted by Crippen LogP contribution is -2.41. The molecule has 31 heavy (non-hydrogen) atoms. The number of carbonyl (C=O) groups is 2. The Bertz CT molecular complexity index is 934. The molecule has 5 N–H and O–H groups in total. The third-order valence-electron chi connectivity index (χ3n) is 5.13. The number of hydrogen-bond acceptors (Lipinski definition) is 7. The maximum absolute atomic E-state index is 11.9. The van der Waals surface area contributed by atoms with Gasteiger partial charge < -0.3 is 21.7 Å². The molecule has 2 aromatic heterocycles. The van der Waals surface area contributed by atoms with Gasteiger partial charge in [-0.05, 0) is 51.3 Å². The molecule has 1 aliphatic carbocycles. The molecule has 1 atom stereocenters. The summed E-state index contributed by atoms with van der Waals surface area (Å²) >= 11 is 0. The predicted molar refractivity (Wildman–Crippen MR) is 122 cm³/mol. The molecule has 1 aliphatic rings. The Morgan fingerprint density at radius 2 is 2.00 bits per heavy atom. The number of amides is 2. The molecule has 168 valence electrons. The topological polar surface area (TPSA) is 135 Å². The van der Waals surface area contributed by atoms with Crippen LogP contribution in [0.2, 0.25) is 0 Å². The number of nitrogens with one attached hydrogen (secondary N) is 3. The molecule has 10 heteroatoms. The van der Waals surface area contributed by atoms with E-state index in [0.717, 1.165) is 29.8 Å². The second-order valence-corrected chi connectivity index (χ2v) is 7.50. The Hall–Kier alpha value is -2.78. The summed E-state index contributed by atoms with van der Waals surface area (Å²) in [7, 11) is 1.74. The summed E-state index contributed by atoms with van der Waals surface area (Å²) in [6.45, 7) is 4.30. The number of aromatic nitrogens is 3. The minimum atomic E-state index is -0.618. The van der Waals surface area contributed by atoms with E-state index in [2.05, 4.69) is 25.9 Å². The molecule has 0 unspecified atom stereocenters. The summed E-state index contributed by atoms with van der Waals surface area (Å²) in [6, 6.07) is 1.67. The number of anilines is 2. The van der Waals surface area contributed by atoms with Gasteiger partial charge in [0.25, 0.3) is 5.91 Å². The number of aryl methyl sites for hydroxylation is 1. The van der Waals surface area contributed by atoms with Gasteiger partial charge in [0.1, 0.15) is 0 Å². The van der Waals surface area contributed by atoms with Crippen molar-refractivity contribution in [3.63, 3.8) is 0 Å². The van der Waals surface area contributed by atoms with Crippen molar-refractivity contribution in [2.75, 3.05) is 18.9 Å². The molecule has 2 heterocycles. The molecule has 0 bridgehead atoms. The molecule has 0 saturated heterocycles. The van der Waals surface area contributed by atoms with Gasteiger partial charge in [-0.25, -0.2) is 9.97 Å². The second kappa shape index (κ2) is 11.0. The lowest BCUT2D eigenvalue weighted by molar-refractivity contribution is -0.122. The average Bonchev–Trinajstić information content (AvgIpc) is 3.58. The van der Waals surface area contributed by atoms with Crippen LogP contribution < -0.4 is 21.7 Å². The van der Waals surface area contributed by atoms with Gasteiger partial charge in [-0.3, -0.25) is 14.6 Å². The lowest BCUT2D eigenvalue weighted by atomic mass is 10.1. The van der Waals surface area contributed by atoms with E-state index >= 15 is 0 Å². The highest BCUT2D eigenvalue weighted by molar-refractivity contribution is 5.96. The number of halogens is 1. The van der Waals surface area contributed by atoms with Crippen LogP contribution in [0.4, 0.5) is 11.5 Å². The second-order valence-electron chi connectivity index (χ2n) is 7.50. The minimum absolute atomic E-state index is 0. The Balaban J connectivity index is 0.00000341. The Morgan fingerprint density at radius 1 is 1.26 bits per heavy atom. The lowest BCUT2D eigenvalue weighted by Gasteiger charge is -2.14. The Kier molecular flexibility index (Phi) is 8.70. The summed E-state index contributed by atoms with van der Waals surface area (Å²) < 4.78 is 0. The van der Waals surface area contributed by atoms with Crippen LogP contribution in [0.25, 0.3) is 0 Å². The van der Waals surface area contributed by atoms with E-state index in [4.69, 9.17) is 10.7 Å². The van der Waals surface area contributed by atoms with E-state index in [1.165, 1.54) is 0 Å². The van der Waals surface area contributed by atoms with E-state index in [1.807, 2.05) is 13.0 Å². The molecule has 2 amide bonds. The van der Waals surface area contributed by atoms with Crippen LogP contribution in [-0.2, 0) is 17.6 Å². The summed E-state index contributed by atoms with van der Waals surface area (Å²) in [5.41, 5.74) is 9.08. The Morgan fingerprint density at radius 3 is 2.61 bits per heavy atom. The summed E-state index contributed by atoms with van der Waals surface area (Å²) in [5, 5.41) is 8.95. The van der Waals surface area contributed by atoms with E-state index in [-0.39, 0.29) is 30.0 Å². The highest BCUT2D eigenvalue weighted by Crippen LogP contribution is 2.41. The van der Waals surface area contributed by atoms with Gasteiger partial charge in [-0.1, -0.05) is 6.92 Å². The van der Waals surface area contributed by atoms with Crippen LogP contribution >= 0.6 is 12.4 Å². The molecular formula is C21H30ClN7O2. The van der Waals surface area contributed by atoms with Crippen molar-refractivity contribution < 1.29 is 9.59 Å². The molecule has 0 radical (unpaired) electrons. The van der Waals surface area contributed by atoms with Gasteiger partial charge in [-0.15, -0.1) is 12.4 Å². The number of nitrogens with two attached hydrogens (primary N) is 1. The highest BCUT2D eigenvalue weighted by Gasteiger charge is 2.30. The molecule has 9 nitrogen and oxygen atoms in total. The summed E-state index contributed by atoms with van der Waals surface area (Å²) in [5.74, 6) is 0.0944. The van der Waals surface area contributed by atoms with Crippen LogP contribution in [-0.4, -0.2) is 46.4 Å². The van der Waals surface area contributed by atoms with Gasteiger partial charge in [-0.2, -0.15) is 0 Å². The fraction of sp³-hybridized carbons (Fsp3) is 0.476. The molecule has 0 aliphatic heterocycles. The number of rotatable bonds is 10. The molecular weight excluding hydrogens is 418 g/mol. The van der Waals surface area contributed by atoms with Crippen molar-refractivity contribution in [3.8, 4) is 0 Å². The van der Waals surface area contributed by atoms with E-state index in [9.17, 15) is 9.59 Å². The molecule has 3 rings (SSSR count). The third kappa shape index (κ3) is 6.35. The van der Waals surface area contributed by atoms with Gasteiger partial charge in [0.2, 0.25) is 5.91 Å². The summed E-state index contributed by atoms with van der Waals surface area (Å²) in [6.07, 6.45) is 6.91. The van der Waals surface area contributed by atoms with Crippen LogP contribution in [0.15, 0.2) is 18.5 Å². The Labute approximate surface area is 188 Å². The number of nitrogens with zero attached hydrogens (tertiary/aromatic N) is 3. The van der Waals surface area contributed by atoms with Crippen LogP contribution in [0.1, 0.15) is 60.0 Å². The highest BCUT2D eigenvalue weighted by atomic mass is 35.5. The fourth-order valence-corrected chi connectivity index (χ4v) is 3.13. The first-order valence-corrected chi connectivity index (χ1v) is 10.3. The first-order chi connectivity index (χ1) is 14.4. The maximum atomic E-state index is 11.9. The first kappa shape index (κ1) is 24.5. The van der Waals surface area contributed by atoms with Gasteiger partial charge in [0, 0.05) is 18.7 Å². The number of likely N-dealkylation sites (N-methyl/N-ethyl adjacent to an activating group) is 1. The van der Waals surface area contributed by atoms with E-state index in [1.54, 1.807) is 26.4 Å². The maximum Gasteiger partial charge on any atom is 0.271 e. The van der Waals surface area contributed by atoms with E-state index < -0.39 is 5.91 Å². The first-order valence-electron chi connectivity index (χ1n) is 10.3. The van der Waals surface area contributed by atoms with Crippen molar-refractivity contribution in [2.45, 2.75) is 51.5 Å². The van der Waals surface area contributed by atoms with Crippen molar-refractivity contribution >= 4 is 35.7 Å². The average molecular weight is 448 g/mol. The van der Waals surface area contributed by atoms with Gasteiger partial charge in [0.15, 0.2) is 11.5 Å². The number of carbonyl (C=O) groups excluding carboxylic acids is 2. The van der Waals surface area contributed by atoms with Crippen molar-refractivity contribution in [2.24, 2.45) is 5.73 Å².